The third-order valence-electron chi connectivity index (χ3n) is 1.96. The standard InChI is InChI=1S/C9H16N4OS/c1-4-13(5-2)7-10-8(14-6-3)12-9(15)11-7/h4-6H2,1-3H3,(H,10,11,12,15). The molecule has 6 heteroatoms. The van der Waals surface area contributed by atoms with Gasteiger partial charge in [0.05, 0.1) is 6.61 Å². The van der Waals surface area contributed by atoms with Crippen LogP contribution in [0.25, 0.3) is 0 Å². The zero-order valence-electron chi connectivity index (χ0n) is 9.28. The first-order valence-corrected chi connectivity index (χ1v) is 5.48. The minimum Gasteiger partial charge on any atom is -0.465 e. The van der Waals surface area contributed by atoms with Crippen molar-refractivity contribution < 1.29 is 4.74 Å². The Labute approximate surface area is 94.5 Å². The van der Waals surface area contributed by atoms with Crippen molar-refractivity contribution in [3.05, 3.63) is 4.77 Å². The zero-order chi connectivity index (χ0) is 11.3. The first-order chi connectivity index (χ1) is 7.21. The van der Waals surface area contributed by atoms with Gasteiger partial charge in [-0.3, -0.25) is 4.98 Å². The Bertz CT molecular complexity index is 361. The van der Waals surface area contributed by atoms with Crippen LogP contribution in [0.3, 0.4) is 0 Å². The lowest BCUT2D eigenvalue weighted by Crippen LogP contribution is -2.24. The molecule has 0 bridgehead atoms. The van der Waals surface area contributed by atoms with Gasteiger partial charge in [0.25, 0.3) is 6.01 Å². The molecule has 0 fully saturated rings. The lowest BCUT2D eigenvalue weighted by atomic mass is 10.5. The summed E-state index contributed by atoms with van der Waals surface area (Å²) in [6.45, 7) is 8.30. The van der Waals surface area contributed by atoms with E-state index in [1.165, 1.54) is 0 Å². The molecule has 84 valence electrons. The minimum absolute atomic E-state index is 0.305. The van der Waals surface area contributed by atoms with E-state index in [2.05, 4.69) is 33.7 Å². The molecule has 0 aliphatic heterocycles. The summed E-state index contributed by atoms with van der Waals surface area (Å²) in [5.41, 5.74) is 0. The van der Waals surface area contributed by atoms with Gasteiger partial charge in [-0.2, -0.15) is 9.97 Å². The van der Waals surface area contributed by atoms with Crippen molar-refractivity contribution in [3.63, 3.8) is 0 Å². The van der Waals surface area contributed by atoms with E-state index in [4.69, 9.17) is 17.0 Å². The van der Waals surface area contributed by atoms with Crippen LogP contribution in [-0.2, 0) is 0 Å². The van der Waals surface area contributed by atoms with E-state index in [0.29, 0.717) is 23.3 Å². The van der Waals surface area contributed by atoms with Crippen LogP contribution in [0.4, 0.5) is 5.95 Å². The van der Waals surface area contributed by atoms with Gasteiger partial charge < -0.3 is 9.64 Å². The Balaban J connectivity index is 3.02. The molecule has 0 unspecified atom stereocenters. The van der Waals surface area contributed by atoms with E-state index in [9.17, 15) is 0 Å². The molecule has 1 N–H and O–H groups in total. The number of anilines is 1. The maximum Gasteiger partial charge on any atom is 0.299 e. The topological polar surface area (TPSA) is 54.0 Å². The van der Waals surface area contributed by atoms with Crippen LogP contribution in [0, 0.1) is 4.77 Å². The van der Waals surface area contributed by atoms with Crippen molar-refractivity contribution in [3.8, 4) is 6.01 Å². The molecule has 0 amide bonds. The van der Waals surface area contributed by atoms with E-state index in [1.54, 1.807) is 0 Å². The van der Waals surface area contributed by atoms with Crippen molar-refractivity contribution in [2.45, 2.75) is 20.8 Å². The Morgan fingerprint density at radius 3 is 2.47 bits per heavy atom. The maximum atomic E-state index is 5.27. The highest BCUT2D eigenvalue weighted by atomic mass is 32.1. The Morgan fingerprint density at radius 1 is 1.27 bits per heavy atom. The van der Waals surface area contributed by atoms with E-state index in [0.717, 1.165) is 13.1 Å². The molecule has 1 rings (SSSR count). The maximum absolute atomic E-state index is 5.27. The molecule has 0 spiro atoms. The van der Waals surface area contributed by atoms with Crippen molar-refractivity contribution in [1.29, 1.82) is 0 Å². The Kier molecular flexibility index (Phi) is 4.48. The van der Waals surface area contributed by atoms with Crippen molar-refractivity contribution in [2.24, 2.45) is 0 Å². The van der Waals surface area contributed by atoms with Crippen LogP contribution in [-0.4, -0.2) is 34.6 Å². The largest absolute Gasteiger partial charge is 0.465 e. The smallest absolute Gasteiger partial charge is 0.299 e. The van der Waals surface area contributed by atoms with Gasteiger partial charge in [0, 0.05) is 13.1 Å². The van der Waals surface area contributed by atoms with Gasteiger partial charge in [0.2, 0.25) is 10.7 Å². The fraction of sp³-hybridized carbons (Fsp3) is 0.667. The average Bonchev–Trinajstić information content (AvgIpc) is 2.19. The van der Waals surface area contributed by atoms with Gasteiger partial charge in [-0.05, 0) is 33.0 Å². The van der Waals surface area contributed by atoms with Crippen LogP contribution >= 0.6 is 12.2 Å². The lowest BCUT2D eigenvalue weighted by molar-refractivity contribution is 0.311. The SMILES string of the molecule is CCOc1nc(=S)nc(N(CC)CC)[nH]1. The summed E-state index contributed by atoms with van der Waals surface area (Å²) in [7, 11) is 0. The molecule has 0 aliphatic rings. The second kappa shape index (κ2) is 5.65. The molecule has 0 aromatic carbocycles. The van der Waals surface area contributed by atoms with Crippen molar-refractivity contribution in [1.82, 2.24) is 15.0 Å². The number of hydrogen-bond acceptors (Lipinski definition) is 5. The molecule has 0 saturated carbocycles. The van der Waals surface area contributed by atoms with E-state index >= 15 is 0 Å². The van der Waals surface area contributed by atoms with Crippen LogP contribution in [0.5, 0.6) is 6.01 Å². The normalized spacial score (nSPS) is 10.1. The number of hydrogen-bond donors (Lipinski definition) is 1. The number of nitrogens with one attached hydrogen (secondary N) is 1. The van der Waals surface area contributed by atoms with Gasteiger partial charge in [-0.15, -0.1) is 0 Å². The quantitative estimate of drug-likeness (QED) is 0.778. The summed E-state index contributed by atoms with van der Waals surface area (Å²) in [6, 6.07) is 0.430. The lowest BCUT2D eigenvalue weighted by Gasteiger charge is -2.19. The second-order valence-electron chi connectivity index (χ2n) is 2.87. The summed E-state index contributed by atoms with van der Waals surface area (Å²) in [6.07, 6.45) is 0. The number of rotatable bonds is 5. The van der Waals surface area contributed by atoms with E-state index in [1.807, 2.05) is 6.92 Å². The van der Waals surface area contributed by atoms with Gasteiger partial charge >= 0.3 is 0 Å². The van der Waals surface area contributed by atoms with Gasteiger partial charge in [0.1, 0.15) is 0 Å². The molecule has 1 heterocycles. The molecule has 0 atom stereocenters. The van der Waals surface area contributed by atoms with Gasteiger partial charge in [-0.1, -0.05) is 0 Å². The summed E-state index contributed by atoms with van der Waals surface area (Å²) >= 11 is 4.97. The highest BCUT2D eigenvalue weighted by molar-refractivity contribution is 7.71. The average molecular weight is 228 g/mol. The first kappa shape index (κ1) is 11.9. The highest BCUT2D eigenvalue weighted by Crippen LogP contribution is 2.10. The van der Waals surface area contributed by atoms with Crippen LogP contribution < -0.4 is 9.64 Å². The molecule has 0 radical (unpaired) electrons. The van der Waals surface area contributed by atoms with Crippen molar-refractivity contribution >= 4 is 18.2 Å². The van der Waals surface area contributed by atoms with Gasteiger partial charge in [-0.25, -0.2) is 0 Å². The third-order valence-corrected chi connectivity index (χ3v) is 2.14. The number of ether oxygens (including phenoxy) is 1. The van der Waals surface area contributed by atoms with Gasteiger partial charge in [0.15, 0.2) is 0 Å². The molecule has 0 aliphatic carbocycles. The monoisotopic (exact) mass is 228 g/mol. The fourth-order valence-electron chi connectivity index (χ4n) is 1.23. The summed E-state index contributed by atoms with van der Waals surface area (Å²) in [5.74, 6) is 0.712. The van der Waals surface area contributed by atoms with E-state index < -0.39 is 0 Å². The van der Waals surface area contributed by atoms with Crippen LogP contribution in [0.2, 0.25) is 0 Å². The fourth-order valence-corrected chi connectivity index (χ4v) is 1.40. The summed E-state index contributed by atoms with van der Waals surface area (Å²) < 4.78 is 5.57. The Hall–Kier alpha value is -1.17. The number of nitrogens with zero attached hydrogens (tertiary/aromatic N) is 3. The number of H-pyrrole nitrogens is 1. The predicted molar refractivity (Wildman–Crippen MR) is 61.9 cm³/mol. The molecule has 1 aromatic heterocycles. The summed E-state index contributed by atoms with van der Waals surface area (Å²) in [4.78, 5) is 13.2. The minimum atomic E-state index is 0.305. The first-order valence-electron chi connectivity index (χ1n) is 5.07. The molecular weight excluding hydrogens is 212 g/mol. The van der Waals surface area contributed by atoms with E-state index in [-0.39, 0.29) is 0 Å². The number of aromatic nitrogens is 3. The molecule has 15 heavy (non-hydrogen) atoms. The third kappa shape index (κ3) is 3.16. The molecule has 0 saturated heterocycles. The highest BCUT2D eigenvalue weighted by Gasteiger charge is 2.06. The summed E-state index contributed by atoms with van der Waals surface area (Å²) in [5, 5.41) is 0. The van der Waals surface area contributed by atoms with Crippen LogP contribution in [0.1, 0.15) is 20.8 Å². The molecular formula is C9H16N4OS. The van der Waals surface area contributed by atoms with Crippen LogP contribution in [0.15, 0.2) is 0 Å². The van der Waals surface area contributed by atoms with Crippen molar-refractivity contribution in [2.75, 3.05) is 24.6 Å². The Morgan fingerprint density at radius 2 is 1.93 bits per heavy atom. The molecule has 1 aromatic rings. The zero-order valence-corrected chi connectivity index (χ0v) is 10.1. The second-order valence-corrected chi connectivity index (χ2v) is 3.23. The number of aromatic amines is 1. The predicted octanol–water partition coefficient (Wildman–Crippen LogP) is 1.78. The molecule has 5 nitrogen and oxygen atoms in total.